The van der Waals surface area contributed by atoms with Gasteiger partial charge in [-0.25, -0.2) is 0 Å². The molecule has 0 saturated carbocycles. The maximum absolute atomic E-state index is 11.0. The average molecular weight is 202 g/mol. The van der Waals surface area contributed by atoms with E-state index in [1.165, 1.54) is 0 Å². The summed E-state index contributed by atoms with van der Waals surface area (Å²) in [7, 11) is 0. The highest BCUT2D eigenvalue weighted by molar-refractivity contribution is 5.71. The molecule has 0 heterocycles. The van der Waals surface area contributed by atoms with Crippen molar-refractivity contribution in [3.63, 3.8) is 0 Å². The molecule has 0 radical (unpaired) electrons. The summed E-state index contributed by atoms with van der Waals surface area (Å²) >= 11 is 0. The maximum atomic E-state index is 11.0. The van der Waals surface area contributed by atoms with Crippen LogP contribution < -0.4 is 0 Å². The molecule has 0 saturated heterocycles. The normalized spacial score (nSPS) is 9.07. The Bertz CT molecular complexity index is 179. The number of carbonyl (C=O) groups excluding carboxylic acids is 1. The summed E-state index contributed by atoms with van der Waals surface area (Å²) in [6, 6.07) is 0. The highest BCUT2D eigenvalue weighted by atomic mass is 16.7. The number of hydrogen-bond donors (Lipinski definition) is 0. The number of hydrogen-bond acceptors (Lipinski definition) is 4. The molecule has 4 heteroatoms. The average Bonchev–Trinajstić information content (AvgIpc) is 2.15. The summed E-state index contributed by atoms with van der Waals surface area (Å²) in [5.41, 5.74) is 0. The summed E-state index contributed by atoms with van der Waals surface area (Å²) in [6.07, 6.45) is 1.77. The molecule has 0 aliphatic carbocycles. The van der Waals surface area contributed by atoms with E-state index in [1.54, 1.807) is 13.0 Å². The SMILES string of the molecule is CCOC(=O)CC=C(OCC)OCC. The highest BCUT2D eigenvalue weighted by Gasteiger charge is 2.02. The van der Waals surface area contributed by atoms with E-state index in [0.29, 0.717) is 25.8 Å². The first kappa shape index (κ1) is 12.8. The third kappa shape index (κ3) is 6.34. The zero-order valence-electron chi connectivity index (χ0n) is 9.04. The molecule has 4 nitrogen and oxygen atoms in total. The van der Waals surface area contributed by atoms with Crippen LogP contribution in [0, 0.1) is 0 Å². The fourth-order valence-corrected chi connectivity index (χ4v) is 0.831. The van der Waals surface area contributed by atoms with E-state index in [0.717, 1.165) is 0 Å². The van der Waals surface area contributed by atoms with Gasteiger partial charge < -0.3 is 14.2 Å². The summed E-state index contributed by atoms with van der Waals surface area (Å²) < 4.78 is 15.0. The molecule has 0 atom stereocenters. The maximum Gasteiger partial charge on any atom is 0.309 e. The standard InChI is InChI=1S/C10H18O4/c1-4-12-9(11)7-8-10(13-5-2)14-6-3/h8H,4-7H2,1-3H3. The van der Waals surface area contributed by atoms with E-state index in [2.05, 4.69) is 0 Å². The molecule has 0 aliphatic heterocycles. The molecule has 0 bridgehead atoms. The van der Waals surface area contributed by atoms with Gasteiger partial charge in [0.05, 0.1) is 26.2 Å². The molecule has 0 aromatic carbocycles. The Hall–Kier alpha value is -1.19. The van der Waals surface area contributed by atoms with Crippen molar-refractivity contribution in [2.45, 2.75) is 27.2 Å². The molecule has 0 aromatic rings. The van der Waals surface area contributed by atoms with Crippen LogP contribution in [0.5, 0.6) is 0 Å². The van der Waals surface area contributed by atoms with Crippen molar-refractivity contribution < 1.29 is 19.0 Å². The number of rotatable bonds is 7. The van der Waals surface area contributed by atoms with Gasteiger partial charge in [0.2, 0.25) is 0 Å². The fraction of sp³-hybridized carbons (Fsp3) is 0.700. The summed E-state index contributed by atoms with van der Waals surface area (Å²) in [5, 5.41) is 0. The van der Waals surface area contributed by atoms with Crippen LogP contribution in [-0.2, 0) is 19.0 Å². The Kier molecular flexibility index (Phi) is 7.70. The van der Waals surface area contributed by atoms with Gasteiger partial charge in [-0.15, -0.1) is 0 Å². The molecular weight excluding hydrogens is 184 g/mol. The quantitative estimate of drug-likeness (QED) is 0.467. The van der Waals surface area contributed by atoms with E-state index in [9.17, 15) is 4.79 Å². The number of esters is 1. The Morgan fingerprint density at radius 2 is 1.50 bits per heavy atom. The minimum Gasteiger partial charge on any atom is -0.466 e. The number of ether oxygens (including phenoxy) is 3. The minimum atomic E-state index is -0.274. The zero-order valence-corrected chi connectivity index (χ0v) is 9.04. The van der Waals surface area contributed by atoms with Gasteiger partial charge in [0.15, 0.2) is 0 Å². The molecule has 0 aliphatic rings. The van der Waals surface area contributed by atoms with Crippen molar-refractivity contribution in [3.8, 4) is 0 Å². The van der Waals surface area contributed by atoms with Gasteiger partial charge in [0, 0.05) is 6.08 Å². The second kappa shape index (κ2) is 8.41. The molecule has 0 spiro atoms. The molecule has 82 valence electrons. The van der Waals surface area contributed by atoms with Gasteiger partial charge in [-0.2, -0.15) is 0 Å². The van der Waals surface area contributed by atoms with Crippen molar-refractivity contribution >= 4 is 5.97 Å². The third-order valence-electron chi connectivity index (χ3n) is 1.31. The summed E-state index contributed by atoms with van der Waals surface area (Å²) in [6.45, 7) is 6.93. The van der Waals surface area contributed by atoms with Gasteiger partial charge in [0.25, 0.3) is 5.95 Å². The van der Waals surface area contributed by atoms with Crippen LogP contribution >= 0.6 is 0 Å². The van der Waals surface area contributed by atoms with E-state index in [4.69, 9.17) is 14.2 Å². The van der Waals surface area contributed by atoms with E-state index in [-0.39, 0.29) is 12.4 Å². The first-order chi connectivity index (χ1) is 6.74. The van der Waals surface area contributed by atoms with Crippen LogP contribution in [0.4, 0.5) is 0 Å². The Morgan fingerprint density at radius 3 is 1.93 bits per heavy atom. The van der Waals surface area contributed by atoms with Crippen LogP contribution in [0.2, 0.25) is 0 Å². The molecule has 14 heavy (non-hydrogen) atoms. The van der Waals surface area contributed by atoms with E-state index < -0.39 is 0 Å². The lowest BCUT2D eigenvalue weighted by Gasteiger charge is -2.08. The first-order valence-electron chi connectivity index (χ1n) is 4.85. The van der Waals surface area contributed by atoms with E-state index in [1.807, 2.05) is 13.8 Å². The van der Waals surface area contributed by atoms with Crippen LogP contribution in [-0.4, -0.2) is 25.8 Å². The Balaban J connectivity index is 3.93. The minimum absolute atomic E-state index is 0.184. The molecule has 0 unspecified atom stereocenters. The van der Waals surface area contributed by atoms with Crippen LogP contribution in [0.1, 0.15) is 27.2 Å². The molecule has 0 rings (SSSR count). The highest BCUT2D eigenvalue weighted by Crippen LogP contribution is 2.02. The predicted molar refractivity (Wildman–Crippen MR) is 52.6 cm³/mol. The molecule has 0 amide bonds. The smallest absolute Gasteiger partial charge is 0.309 e. The van der Waals surface area contributed by atoms with Crippen LogP contribution in [0.3, 0.4) is 0 Å². The van der Waals surface area contributed by atoms with Crippen LogP contribution in [0.15, 0.2) is 12.0 Å². The lowest BCUT2D eigenvalue weighted by Crippen LogP contribution is -2.04. The summed E-state index contributed by atoms with van der Waals surface area (Å²) in [5.74, 6) is 0.118. The van der Waals surface area contributed by atoms with Crippen molar-refractivity contribution in [2.24, 2.45) is 0 Å². The second-order valence-corrected chi connectivity index (χ2v) is 2.40. The first-order valence-corrected chi connectivity index (χ1v) is 4.85. The van der Waals surface area contributed by atoms with E-state index >= 15 is 0 Å². The fourth-order valence-electron chi connectivity index (χ4n) is 0.831. The number of carbonyl (C=O) groups is 1. The predicted octanol–water partition coefficient (Wildman–Crippen LogP) is 1.85. The topological polar surface area (TPSA) is 44.8 Å². The van der Waals surface area contributed by atoms with Gasteiger partial charge in [-0.05, 0) is 20.8 Å². The van der Waals surface area contributed by atoms with Gasteiger partial charge in [0.1, 0.15) is 0 Å². The monoisotopic (exact) mass is 202 g/mol. The lowest BCUT2D eigenvalue weighted by atomic mass is 10.4. The van der Waals surface area contributed by atoms with Crippen molar-refractivity contribution in [3.05, 3.63) is 12.0 Å². The Labute approximate surface area is 84.8 Å². The van der Waals surface area contributed by atoms with Gasteiger partial charge in [-0.3, -0.25) is 4.79 Å². The molecular formula is C10H18O4. The molecule has 0 aromatic heterocycles. The third-order valence-corrected chi connectivity index (χ3v) is 1.31. The molecule has 0 N–H and O–H groups in total. The second-order valence-electron chi connectivity index (χ2n) is 2.40. The van der Waals surface area contributed by atoms with Crippen molar-refractivity contribution in [2.75, 3.05) is 19.8 Å². The molecule has 0 fully saturated rings. The van der Waals surface area contributed by atoms with Gasteiger partial charge >= 0.3 is 5.97 Å². The Morgan fingerprint density at radius 1 is 1.00 bits per heavy atom. The zero-order chi connectivity index (χ0) is 10.8. The van der Waals surface area contributed by atoms with Gasteiger partial charge in [-0.1, -0.05) is 0 Å². The largest absolute Gasteiger partial charge is 0.466 e. The lowest BCUT2D eigenvalue weighted by molar-refractivity contribution is -0.142. The van der Waals surface area contributed by atoms with Crippen molar-refractivity contribution in [1.82, 2.24) is 0 Å². The van der Waals surface area contributed by atoms with Crippen molar-refractivity contribution in [1.29, 1.82) is 0 Å². The van der Waals surface area contributed by atoms with Crippen LogP contribution in [0.25, 0.3) is 0 Å². The summed E-state index contributed by atoms with van der Waals surface area (Å²) in [4.78, 5) is 11.0.